The van der Waals surface area contributed by atoms with Gasteiger partial charge in [0.25, 0.3) is 0 Å². The van der Waals surface area contributed by atoms with E-state index in [1.54, 1.807) is 11.7 Å². The Morgan fingerprint density at radius 1 is 1.40 bits per heavy atom. The summed E-state index contributed by atoms with van der Waals surface area (Å²) in [5, 5.41) is 18.9. The summed E-state index contributed by atoms with van der Waals surface area (Å²) < 4.78 is 0. The number of anilines is 2. The van der Waals surface area contributed by atoms with Crippen molar-refractivity contribution in [1.82, 2.24) is 20.4 Å². The monoisotopic (exact) mass is 290 g/mol. The zero-order valence-electron chi connectivity index (χ0n) is 10.8. The summed E-state index contributed by atoms with van der Waals surface area (Å²) >= 11 is 1.32. The molecule has 0 aliphatic carbocycles. The van der Waals surface area contributed by atoms with Crippen LogP contribution in [0.4, 0.5) is 10.9 Å². The van der Waals surface area contributed by atoms with Gasteiger partial charge in [0.05, 0.1) is 5.92 Å². The Bertz CT molecular complexity index is 561. The molecule has 1 aliphatic heterocycles. The third kappa shape index (κ3) is 2.90. The van der Waals surface area contributed by atoms with E-state index >= 15 is 0 Å². The number of nitrogens with one attached hydrogen (secondary N) is 1. The highest BCUT2D eigenvalue weighted by Crippen LogP contribution is 2.22. The van der Waals surface area contributed by atoms with E-state index in [1.165, 1.54) is 11.3 Å². The second kappa shape index (κ2) is 5.91. The van der Waals surface area contributed by atoms with Crippen LogP contribution in [0.3, 0.4) is 0 Å². The fraction of sp³-hybridized carbons (Fsp3) is 0.417. The molecule has 2 aromatic heterocycles. The molecule has 0 saturated carbocycles. The number of hydrogen-bond donors (Lipinski definition) is 1. The molecular weight excluding hydrogens is 276 g/mol. The molecule has 7 nitrogen and oxygen atoms in total. The Morgan fingerprint density at radius 2 is 2.35 bits per heavy atom. The van der Waals surface area contributed by atoms with Gasteiger partial charge in [-0.1, -0.05) is 11.3 Å². The van der Waals surface area contributed by atoms with Crippen molar-refractivity contribution in [2.45, 2.75) is 12.8 Å². The number of amides is 1. The van der Waals surface area contributed by atoms with Crippen LogP contribution < -0.4 is 10.2 Å². The van der Waals surface area contributed by atoms with Crippen LogP contribution in [0.2, 0.25) is 0 Å². The zero-order chi connectivity index (χ0) is 13.8. The Hall–Kier alpha value is -2.09. The van der Waals surface area contributed by atoms with Crippen molar-refractivity contribution in [3.05, 3.63) is 23.8 Å². The maximum atomic E-state index is 12.2. The lowest BCUT2D eigenvalue weighted by molar-refractivity contribution is -0.120. The minimum Gasteiger partial charge on any atom is -0.354 e. The molecule has 104 valence electrons. The third-order valence-electron chi connectivity index (χ3n) is 3.26. The molecule has 0 bridgehead atoms. The molecule has 0 radical (unpaired) electrons. The Balaban J connectivity index is 1.64. The van der Waals surface area contributed by atoms with E-state index in [9.17, 15) is 4.79 Å². The number of piperidine rings is 1. The number of carbonyl (C=O) groups is 1. The van der Waals surface area contributed by atoms with Gasteiger partial charge >= 0.3 is 0 Å². The van der Waals surface area contributed by atoms with E-state index in [0.717, 1.165) is 25.2 Å². The number of rotatable bonds is 3. The lowest BCUT2D eigenvalue weighted by atomic mass is 9.97. The van der Waals surface area contributed by atoms with Crippen LogP contribution >= 0.6 is 11.3 Å². The normalized spacial score (nSPS) is 18.8. The molecule has 3 heterocycles. The van der Waals surface area contributed by atoms with Gasteiger partial charge in [-0.05, 0) is 25.0 Å². The van der Waals surface area contributed by atoms with E-state index < -0.39 is 0 Å². The lowest BCUT2D eigenvalue weighted by Crippen LogP contribution is -2.41. The second-order valence-electron chi connectivity index (χ2n) is 4.60. The highest BCUT2D eigenvalue weighted by molar-refractivity contribution is 7.13. The van der Waals surface area contributed by atoms with Crippen molar-refractivity contribution in [1.29, 1.82) is 0 Å². The van der Waals surface area contributed by atoms with Crippen LogP contribution in [-0.2, 0) is 4.79 Å². The maximum absolute atomic E-state index is 12.2. The molecule has 0 unspecified atom stereocenters. The molecule has 0 spiro atoms. The first-order chi connectivity index (χ1) is 9.83. The minimum absolute atomic E-state index is 0.00431. The minimum atomic E-state index is -0.0605. The Labute approximate surface area is 120 Å². The summed E-state index contributed by atoms with van der Waals surface area (Å²) in [5.74, 6) is 0.755. The summed E-state index contributed by atoms with van der Waals surface area (Å²) in [5.41, 5.74) is 1.60. The van der Waals surface area contributed by atoms with E-state index in [0.29, 0.717) is 11.7 Å². The summed E-state index contributed by atoms with van der Waals surface area (Å²) in [6, 6.07) is 3.77. The summed E-state index contributed by atoms with van der Waals surface area (Å²) in [4.78, 5) is 14.3. The molecule has 1 amide bonds. The molecule has 20 heavy (non-hydrogen) atoms. The molecule has 0 aromatic carbocycles. The molecule has 1 aliphatic rings. The van der Waals surface area contributed by atoms with Crippen LogP contribution in [0, 0.1) is 5.92 Å². The fourth-order valence-corrected chi connectivity index (χ4v) is 2.74. The van der Waals surface area contributed by atoms with Crippen molar-refractivity contribution >= 4 is 28.2 Å². The predicted molar refractivity (Wildman–Crippen MR) is 75.5 cm³/mol. The van der Waals surface area contributed by atoms with Gasteiger partial charge in [-0.15, -0.1) is 15.3 Å². The highest BCUT2D eigenvalue weighted by atomic mass is 32.1. The number of aromatic nitrogens is 4. The van der Waals surface area contributed by atoms with Crippen LogP contribution in [0.5, 0.6) is 0 Å². The fourth-order valence-electron chi connectivity index (χ4n) is 2.30. The number of hydrogen-bond acceptors (Lipinski definition) is 7. The lowest BCUT2D eigenvalue weighted by Gasteiger charge is -2.32. The highest BCUT2D eigenvalue weighted by Gasteiger charge is 2.27. The molecule has 3 rings (SSSR count). The number of carbonyl (C=O) groups excluding carboxylic acids is 1. The second-order valence-corrected chi connectivity index (χ2v) is 5.43. The zero-order valence-corrected chi connectivity index (χ0v) is 11.6. The van der Waals surface area contributed by atoms with Crippen LogP contribution in [0.25, 0.3) is 0 Å². The van der Waals surface area contributed by atoms with E-state index in [2.05, 4.69) is 30.6 Å². The molecule has 1 fully saturated rings. The van der Waals surface area contributed by atoms with Gasteiger partial charge in [-0.3, -0.25) is 4.79 Å². The van der Waals surface area contributed by atoms with Gasteiger partial charge in [0.2, 0.25) is 11.0 Å². The van der Waals surface area contributed by atoms with Gasteiger partial charge in [0.1, 0.15) is 5.51 Å². The summed E-state index contributed by atoms with van der Waals surface area (Å²) in [6.07, 6.45) is 3.49. The maximum Gasteiger partial charge on any atom is 0.231 e. The topological polar surface area (TPSA) is 83.9 Å². The van der Waals surface area contributed by atoms with Gasteiger partial charge in [0, 0.05) is 19.3 Å². The largest absolute Gasteiger partial charge is 0.354 e. The van der Waals surface area contributed by atoms with E-state index in [-0.39, 0.29) is 11.8 Å². The average Bonchev–Trinajstić information content (AvgIpc) is 3.01. The van der Waals surface area contributed by atoms with Crippen molar-refractivity contribution < 1.29 is 4.79 Å². The molecule has 1 saturated heterocycles. The predicted octanol–water partition coefficient (Wildman–Crippen LogP) is 1.18. The molecular formula is C12H14N6OS. The first kappa shape index (κ1) is 12.9. The van der Waals surface area contributed by atoms with E-state index in [1.807, 2.05) is 12.1 Å². The summed E-state index contributed by atoms with van der Waals surface area (Å²) in [6.45, 7) is 1.56. The van der Waals surface area contributed by atoms with Crippen molar-refractivity contribution in [3.8, 4) is 0 Å². The Kier molecular flexibility index (Phi) is 3.82. The molecule has 1 atom stereocenters. The van der Waals surface area contributed by atoms with Crippen LogP contribution in [-0.4, -0.2) is 39.4 Å². The SMILES string of the molecule is O=C(Nc1nncs1)[C@H]1CCCN(c2cccnn2)C1. The van der Waals surface area contributed by atoms with Crippen LogP contribution in [0.15, 0.2) is 23.8 Å². The smallest absolute Gasteiger partial charge is 0.231 e. The molecule has 1 N–H and O–H groups in total. The quantitative estimate of drug-likeness (QED) is 0.914. The first-order valence-corrected chi connectivity index (χ1v) is 7.30. The summed E-state index contributed by atoms with van der Waals surface area (Å²) in [7, 11) is 0. The standard InChI is InChI=1S/C12H14N6OS/c19-11(15-12-17-14-8-20-12)9-3-2-6-18(7-9)10-4-1-5-13-16-10/h1,4-5,8-9H,2-3,6-7H2,(H,15,17,19)/t9-/m0/s1. The van der Waals surface area contributed by atoms with Gasteiger partial charge in [0.15, 0.2) is 5.82 Å². The van der Waals surface area contributed by atoms with Gasteiger partial charge < -0.3 is 10.2 Å². The van der Waals surface area contributed by atoms with Crippen LogP contribution in [0.1, 0.15) is 12.8 Å². The first-order valence-electron chi connectivity index (χ1n) is 6.42. The molecule has 2 aromatic rings. The average molecular weight is 290 g/mol. The number of nitrogens with zero attached hydrogens (tertiary/aromatic N) is 5. The van der Waals surface area contributed by atoms with Crippen molar-refractivity contribution in [3.63, 3.8) is 0 Å². The van der Waals surface area contributed by atoms with E-state index in [4.69, 9.17) is 0 Å². The van der Waals surface area contributed by atoms with Gasteiger partial charge in [-0.2, -0.15) is 5.10 Å². The Morgan fingerprint density at radius 3 is 3.10 bits per heavy atom. The molecule has 8 heteroatoms. The third-order valence-corrected chi connectivity index (χ3v) is 3.87. The van der Waals surface area contributed by atoms with Crippen molar-refractivity contribution in [2.75, 3.05) is 23.3 Å². The van der Waals surface area contributed by atoms with Gasteiger partial charge in [-0.25, -0.2) is 0 Å². The van der Waals surface area contributed by atoms with Crippen molar-refractivity contribution in [2.24, 2.45) is 5.92 Å².